The van der Waals surface area contributed by atoms with E-state index in [1.165, 1.54) is 6.07 Å². The molecule has 0 aliphatic heterocycles. The summed E-state index contributed by atoms with van der Waals surface area (Å²) in [6, 6.07) is 12.4. The molecule has 1 amide bonds. The van der Waals surface area contributed by atoms with Gasteiger partial charge in [-0.15, -0.1) is 0 Å². The predicted molar refractivity (Wildman–Crippen MR) is 82.4 cm³/mol. The van der Waals surface area contributed by atoms with Crippen LogP contribution >= 0.6 is 0 Å². The summed E-state index contributed by atoms with van der Waals surface area (Å²) in [6.45, 7) is 3.57. The fourth-order valence-corrected chi connectivity index (χ4v) is 2.14. The average molecular weight is 304 g/mol. The summed E-state index contributed by atoms with van der Waals surface area (Å²) in [4.78, 5) is 12.1. The molecule has 2 aromatic rings. The molecule has 0 aliphatic rings. The second kappa shape index (κ2) is 7.13. The first-order valence-corrected chi connectivity index (χ1v) is 7.05. The van der Waals surface area contributed by atoms with E-state index in [1.807, 2.05) is 37.3 Å². The third kappa shape index (κ3) is 3.89. The van der Waals surface area contributed by atoms with Crippen molar-refractivity contribution in [2.75, 3.05) is 5.32 Å². The van der Waals surface area contributed by atoms with Crippen molar-refractivity contribution in [3.8, 4) is 0 Å². The Hall–Kier alpha value is -2.27. The molecule has 2 rings (SSSR count). The molecule has 0 unspecified atom stereocenters. The van der Waals surface area contributed by atoms with Gasteiger partial charge in [0.25, 0.3) is 0 Å². The molecule has 2 aromatic carbocycles. The number of hydrogen-bond acceptors (Lipinski definition) is 2. The van der Waals surface area contributed by atoms with Gasteiger partial charge in [-0.2, -0.15) is 0 Å². The summed E-state index contributed by atoms with van der Waals surface area (Å²) < 4.78 is 27.1. The molecule has 0 radical (unpaired) electrons. The maximum Gasteiger partial charge on any atom is 0.241 e. The Bertz CT molecular complexity index is 626. The Morgan fingerprint density at radius 1 is 0.955 bits per heavy atom. The quantitative estimate of drug-likeness (QED) is 0.885. The fraction of sp³-hybridized carbons (Fsp3) is 0.235. The van der Waals surface area contributed by atoms with E-state index in [-0.39, 0.29) is 6.04 Å². The van der Waals surface area contributed by atoms with Gasteiger partial charge in [0.1, 0.15) is 17.3 Å². The van der Waals surface area contributed by atoms with Crippen molar-refractivity contribution in [1.29, 1.82) is 0 Å². The maximum absolute atomic E-state index is 13.5. The number of para-hydroxylation sites is 1. The molecule has 116 valence electrons. The van der Waals surface area contributed by atoms with E-state index in [0.29, 0.717) is 0 Å². The van der Waals surface area contributed by atoms with Gasteiger partial charge in [0, 0.05) is 6.04 Å². The number of halogens is 2. The number of rotatable bonds is 5. The smallest absolute Gasteiger partial charge is 0.241 e. The molecule has 0 fully saturated rings. The molecule has 3 nitrogen and oxygen atoms in total. The highest BCUT2D eigenvalue weighted by Crippen LogP contribution is 2.18. The minimum Gasteiger partial charge on any atom is -0.320 e. The topological polar surface area (TPSA) is 41.1 Å². The zero-order chi connectivity index (χ0) is 16.1. The number of carbonyl (C=O) groups excluding carboxylic acids is 1. The summed E-state index contributed by atoms with van der Waals surface area (Å²) >= 11 is 0. The van der Waals surface area contributed by atoms with E-state index in [4.69, 9.17) is 0 Å². The average Bonchev–Trinajstić information content (AvgIpc) is 2.51. The lowest BCUT2D eigenvalue weighted by Gasteiger charge is -2.20. The van der Waals surface area contributed by atoms with Crippen molar-refractivity contribution in [2.45, 2.75) is 25.9 Å². The minimum absolute atomic E-state index is 0.0626. The molecule has 0 bridgehead atoms. The van der Waals surface area contributed by atoms with E-state index in [9.17, 15) is 13.6 Å². The fourth-order valence-electron chi connectivity index (χ4n) is 2.14. The van der Waals surface area contributed by atoms with Crippen LogP contribution in [0.3, 0.4) is 0 Å². The third-order valence-electron chi connectivity index (χ3n) is 3.40. The predicted octanol–water partition coefficient (Wildman–Crippen LogP) is 3.64. The maximum atomic E-state index is 13.5. The van der Waals surface area contributed by atoms with Crippen LogP contribution in [0.4, 0.5) is 14.5 Å². The lowest BCUT2D eigenvalue weighted by atomic mass is 10.1. The molecular weight excluding hydrogens is 286 g/mol. The van der Waals surface area contributed by atoms with E-state index in [0.717, 1.165) is 17.7 Å². The summed E-state index contributed by atoms with van der Waals surface area (Å²) in [7, 11) is 0. The van der Waals surface area contributed by atoms with Crippen LogP contribution in [0.5, 0.6) is 0 Å². The van der Waals surface area contributed by atoms with Crippen molar-refractivity contribution in [2.24, 2.45) is 0 Å². The van der Waals surface area contributed by atoms with Crippen LogP contribution in [-0.4, -0.2) is 11.9 Å². The number of benzene rings is 2. The number of nitrogens with one attached hydrogen (secondary N) is 2. The lowest BCUT2D eigenvalue weighted by Crippen LogP contribution is -2.39. The van der Waals surface area contributed by atoms with Crippen molar-refractivity contribution < 1.29 is 13.6 Å². The van der Waals surface area contributed by atoms with Gasteiger partial charge in [-0.1, -0.05) is 36.4 Å². The van der Waals surface area contributed by atoms with Crippen LogP contribution in [-0.2, 0) is 4.79 Å². The Morgan fingerprint density at radius 2 is 1.55 bits per heavy atom. The van der Waals surface area contributed by atoms with Gasteiger partial charge in [0.2, 0.25) is 5.91 Å². The first-order chi connectivity index (χ1) is 10.5. The Morgan fingerprint density at radius 3 is 2.14 bits per heavy atom. The van der Waals surface area contributed by atoms with Crippen molar-refractivity contribution >= 4 is 11.6 Å². The minimum atomic E-state index is -0.795. The lowest BCUT2D eigenvalue weighted by molar-refractivity contribution is -0.118. The molecule has 0 saturated heterocycles. The van der Waals surface area contributed by atoms with Crippen LogP contribution in [0.25, 0.3) is 0 Å². The highest BCUT2D eigenvalue weighted by molar-refractivity contribution is 5.94. The van der Waals surface area contributed by atoms with Gasteiger partial charge in [0.05, 0.1) is 6.04 Å². The molecule has 0 aromatic heterocycles. The molecule has 22 heavy (non-hydrogen) atoms. The normalized spacial score (nSPS) is 13.5. The van der Waals surface area contributed by atoms with Crippen LogP contribution in [0.2, 0.25) is 0 Å². The van der Waals surface area contributed by atoms with Gasteiger partial charge in [-0.25, -0.2) is 8.78 Å². The molecule has 2 N–H and O–H groups in total. The van der Waals surface area contributed by atoms with Crippen molar-refractivity contribution in [3.63, 3.8) is 0 Å². The Balaban J connectivity index is 2.01. The molecule has 0 aliphatic carbocycles. The largest absolute Gasteiger partial charge is 0.320 e. The number of carbonyl (C=O) groups is 1. The van der Waals surface area contributed by atoms with E-state index in [1.54, 1.807) is 6.92 Å². The third-order valence-corrected chi connectivity index (χ3v) is 3.40. The zero-order valence-corrected chi connectivity index (χ0v) is 12.4. The SMILES string of the molecule is C[C@H](N[C@H](C)C(=O)Nc1c(F)cccc1F)c1ccccc1. The van der Waals surface area contributed by atoms with Crippen molar-refractivity contribution in [1.82, 2.24) is 5.32 Å². The number of anilines is 1. The monoisotopic (exact) mass is 304 g/mol. The summed E-state index contributed by atoms with van der Waals surface area (Å²) in [5.41, 5.74) is 0.604. The summed E-state index contributed by atoms with van der Waals surface area (Å²) in [5.74, 6) is -2.08. The van der Waals surface area contributed by atoms with Crippen LogP contribution < -0.4 is 10.6 Å². The van der Waals surface area contributed by atoms with Gasteiger partial charge in [-0.05, 0) is 31.5 Å². The van der Waals surface area contributed by atoms with Gasteiger partial charge >= 0.3 is 0 Å². The first kappa shape index (κ1) is 16.1. The van der Waals surface area contributed by atoms with E-state index >= 15 is 0 Å². The number of amides is 1. The van der Waals surface area contributed by atoms with Gasteiger partial charge in [-0.3, -0.25) is 10.1 Å². The van der Waals surface area contributed by atoms with Gasteiger partial charge < -0.3 is 5.32 Å². The highest BCUT2D eigenvalue weighted by atomic mass is 19.1. The highest BCUT2D eigenvalue weighted by Gasteiger charge is 2.19. The van der Waals surface area contributed by atoms with Crippen LogP contribution in [0.1, 0.15) is 25.5 Å². The van der Waals surface area contributed by atoms with Gasteiger partial charge in [0.15, 0.2) is 0 Å². The van der Waals surface area contributed by atoms with E-state index < -0.39 is 29.3 Å². The standard InChI is InChI=1S/C17H18F2N2O/c1-11(13-7-4-3-5-8-13)20-12(2)17(22)21-16-14(18)9-6-10-15(16)19/h3-12,20H,1-2H3,(H,21,22)/t11-,12+/m0/s1. The first-order valence-electron chi connectivity index (χ1n) is 7.05. The molecule has 0 heterocycles. The van der Waals surface area contributed by atoms with Crippen LogP contribution in [0, 0.1) is 11.6 Å². The second-order valence-electron chi connectivity index (χ2n) is 5.11. The summed E-state index contributed by atoms with van der Waals surface area (Å²) in [5, 5.41) is 5.38. The molecule has 0 saturated carbocycles. The molecule has 2 atom stereocenters. The number of hydrogen-bond donors (Lipinski definition) is 2. The molecule has 5 heteroatoms. The Kier molecular flexibility index (Phi) is 5.22. The molecular formula is C17H18F2N2O. The zero-order valence-electron chi connectivity index (χ0n) is 12.4. The summed E-state index contributed by atoms with van der Waals surface area (Å²) in [6.07, 6.45) is 0. The van der Waals surface area contributed by atoms with Crippen LogP contribution in [0.15, 0.2) is 48.5 Å². The van der Waals surface area contributed by atoms with E-state index in [2.05, 4.69) is 10.6 Å². The Labute approximate surface area is 128 Å². The van der Waals surface area contributed by atoms with Crippen molar-refractivity contribution in [3.05, 3.63) is 65.7 Å². The molecule has 0 spiro atoms. The second-order valence-corrected chi connectivity index (χ2v) is 5.11.